The van der Waals surface area contributed by atoms with Crippen molar-refractivity contribution < 1.29 is 4.42 Å². The second-order valence-electron chi connectivity index (χ2n) is 3.84. The van der Waals surface area contributed by atoms with Crippen molar-refractivity contribution in [2.45, 2.75) is 20.4 Å². The van der Waals surface area contributed by atoms with E-state index >= 15 is 0 Å². The largest absolute Gasteiger partial charge is 0.467 e. The van der Waals surface area contributed by atoms with E-state index in [1.165, 1.54) is 11.1 Å². The quantitative estimate of drug-likeness (QED) is 0.908. The standard InChI is InChI=1S/C13H14BrNO/c1-9-5-6-16-13(9)8-15-11-3-4-12(14)10(2)7-11/h3-7,15H,8H2,1-2H3. The Morgan fingerprint density at radius 2 is 2.00 bits per heavy atom. The molecule has 0 saturated carbocycles. The van der Waals surface area contributed by atoms with Crippen LogP contribution < -0.4 is 5.32 Å². The molecule has 0 radical (unpaired) electrons. The first-order valence-electron chi connectivity index (χ1n) is 5.20. The summed E-state index contributed by atoms with van der Waals surface area (Å²) < 4.78 is 6.50. The lowest BCUT2D eigenvalue weighted by atomic mass is 10.2. The Balaban J connectivity index is 2.05. The third-order valence-corrected chi connectivity index (χ3v) is 3.47. The van der Waals surface area contributed by atoms with Gasteiger partial charge in [-0.1, -0.05) is 15.9 Å². The van der Waals surface area contributed by atoms with Gasteiger partial charge in [0.25, 0.3) is 0 Å². The lowest BCUT2D eigenvalue weighted by Gasteiger charge is -2.07. The fourth-order valence-electron chi connectivity index (χ4n) is 1.52. The molecule has 2 nitrogen and oxygen atoms in total. The second-order valence-corrected chi connectivity index (χ2v) is 4.70. The van der Waals surface area contributed by atoms with Crippen LogP contribution in [0.5, 0.6) is 0 Å². The Bertz CT molecular complexity index is 490. The van der Waals surface area contributed by atoms with Gasteiger partial charge in [-0.25, -0.2) is 0 Å². The normalized spacial score (nSPS) is 10.4. The summed E-state index contributed by atoms with van der Waals surface area (Å²) in [4.78, 5) is 0. The molecular weight excluding hydrogens is 266 g/mol. The topological polar surface area (TPSA) is 25.2 Å². The van der Waals surface area contributed by atoms with Crippen LogP contribution in [0.4, 0.5) is 5.69 Å². The molecule has 0 fully saturated rings. The van der Waals surface area contributed by atoms with E-state index in [4.69, 9.17) is 4.42 Å². The summed E-state index contributed by atoms with van der Waals surface area (Å²) in [6, 6.07) is 8.19. The van der Waals surface area contributed by atoms with Crippen LogP contribution in [0.15, 0.2) is 39.4 Å². The molecule has 0 bridgehead atoms. The zero-order valence-electron chi connectivity index (χ0n) is 9.38. The van der Waals surface area contributed by atoms with E-state index < -0.39 is 0 Å². The van der Waals surface area contributed by atoms with Crippen molar-refractivity contribution >= 4 is 21.6 Å². The Kier molecular flexibility index (Phi) is 3.34. The highest BCUT2D eigenvalue weighted by atomic mass is 79.9. The van der Waals surface area contributed by atoms with Crippen molar-refractivity contribution in [2.75, 3.05) is 5.32 Å². The van der Waals surface area contributed by atoms with Crippen LogP contribution in [0, 0.1) is 13.8 Å². The van der Waals surface area contributed by atoms with Gasteiger partial charge in [0.2, 0.25) is 0 Å². The Morgan fingerprint density at radius 3 is 2.62 bits per heavy atom. The monoisotopic (exact) mass is 279 g/mol. The first kappa shape index (κ1) is 11.3. The number of nitrogens with one attached hydrogen (secondary N) is 1. The van der Waals surface area contributed by atoms with E-state index in [-0.39, 0.29) is 0 Å². The predicted molar refractivity (Wildman–Crippen MR) is 69.7 cm³/mol. The lowest BCUT2D eigenvalue weighted by Crippen LogP contribution is -1.99. The van der Waals surface area contributed by atoms with Gasteiger partial charge in [0.05, 0.1) is 12.8 Å². The van der Waals surface area contributed by atoms with Crippen molar-refractivity contribution in [1.82, 2.24) is 0 Å². The number of halogens is 1. The Hall–Kier alpha value is -1.22. The zero-order chi connectivity index (χ0) is 11.5. The second kappa shape index (κ2) is 4.74. The van der Waals surface area contributed by atoms with E-state index in [1.807, 2.05) is 19.1 Å². The molecule has 0 aliphatic heterocycles. The van der Waals surface area contributed by atoms with Crippen molar-refractivity contribution in [3.63, 3.8) is 0 Å². The molecule has 1 N–H and O–H groups in total. The Labute approximate surface area is 104 Å². The van der Waals surface area contributed by atoms with Crippen LogP contribution in [0.1, 0.15) is 16.9 Å². The van der Waals surface area contributed by atoms with Gasteiger partial charge in [-0.3, -0.25) is 0 Å². The maximum atomic E-state index is 5.37. The van der Waals surface area contributed by atoms with Gasteiger partial charge in [0.1, 0.15) is 5.76 Å². The van der Waals surface area contributed by atoms with Gasteiger partial charge in [0.15, 0.2) is 0 Å². The molecule has 0 aliphatic carbocycles. The van der Waals surface area contributed by atoms with Crippen LogP contribution >= 0.6 is 15.9 Å². The van der Waals surface area contributed by atoms with Crippen LogP contribution in [-0.4, -0.2) is 0 Å². The number of hydrogen-bond acceptors (Lipinski definition) is 2. The molecule has 0 spiro atoms. The number of anilines is 1. The SMILES string of the molecule is Cc1cc(NCc2occc2C)ccc1Br. The molecule has 0 aliphatic rings. The van der Waals surface area contributed by atoms with Crippen LogP contribution in [0.2, 0.25) is 0 Å². The van der Waals surface area contributed by atoms with Crippen LogP contribution in [0.25, 0.3) is 0 Å². The molecule has 2 aromatic rings. The van der Waals surface area contributed by atoms with E-state index in [0.29, 0.717) is 0 Å². The maximum Gasteiger partial charge on any atom is 0.125 e. The third-order valence-electron chi connectivity index (χ3n) is 2.58. The molecule has 1 aromatic carbocycles. The minimum atomic E-state index is 0.722. The van der Waals surface area contributed by atoms with Gasteiger partial charge < -0.3 is 9.73 Å². The van der Waals surface area contributed by atoms with E-state index in [0.717, 1.165) is 22.5 Å². The smallest absolute Gasteiger partial charge is 0.125 e. The fraction of sp³-hybridized carbons (Fsp3) is 0.231. The highest BCUT2D eigenvalue weighted by molar-refractivity contribution is 9.10. The maximum absolute atomic E-state index is 5.37. The highest BCUT2D eigenvalue weighted by Gasteiger charge is 2.02. The summed E-state index contributed by atoms with van der Waals surface area (Å²) in [5.41, 5.74) is 3.51. The minimum absolute atomic E-state index is 0.722. The van der Waals surface area contributed by atoms with Crippen molar-refractivity contribution in [2.24, 2.45) is 0 Å². The van der Waals surface area contributed by atoms with Gasteiger partial charge in [-0.2, -0.15) is 0 Å². The number of rotatable bonds is 3. The lowest BCUT2D eigenvalue weighted by molar-refractivity contribution is 0.515. The van der Waals surface area contributed by atoms with Crippen molar-refractivity contribution in [3.05, 3.63) is 51.9 Å². The summed E-state index contributed by atoms with van der Waals surface area (Å²) in [6.45, 7) is 4.85. The number of furan rings is 1. The predicted octanol–water partition coefficient (Wildman–Crippen LogP) is 4.27. The average molecular weight is 280 g/mol. The molecule has 1 heterocycles. The summed E-state index contributed by atoms with van der Waals surface area (Å²) in [5, 5.41) is 3.34. The van der Waals surface area contributed by atoms with Gasteiger partial charge in [-0.15, -0.1) is 0 Å². The molecule has 0 unspecified atom stereocenters. The fourth-order valence-corrected chi connectivity index (χ4v) is 1.77. The van der Waals surface area contributed by atoms with E-state index in [1.54, 1.807) is 6.26 Å². The first-order valence-corrected chi connectivity index (χ1v) is 5.99. The first-order chi connectivity index (χ1) is 7.66. The van der Waals surface area contributed by atoms with Crippen LogP contribution in [0.3, 0.4) is 0 Å². The van der Waals surface area contributed by atoms with E-state index in [9.17, 15) is 0 Å². The average Bonchev–Trinajstić information content (AvgIpc) is 2.66. The highest BCUT2D eigenvalue weighted by Crippen LogP contribution is 2.20. The number of benzene rings is 1. The Morgan fingerprint density at radius 1 is 1.19 bits per heavy atom. The van der Waals surface area contributed by atoms with Gasteiger partial charge in [0, 0.05) is 10.2 Å². The van der Waals surface area contributed by atoms with E-state index in [2.05, 4.69) is 40.3 Å². The summed E-state index contributed by atoms with van der Waals surface area (Å²) in [7, 11) is 0. The number of hydrogen-bond donors (Lipinski definition) is 1. The molecule has 84 valence electrons. The van der Waals surface area contributed by atoms with Crippen molar-refractivity contribution in [3.8, 4) is 0 Å². The molecule has 1 aromatic heterocycles. The molecule has 0 saturated heterocycles. The summed E-state index contributed by atoms with van der Waals surface area (Å²) >= 11 is 3.48. The molecule has 0 amide bonds. The van der Waals surface area contributed by atoms with Crippen LogP contribution in [-0.2, 0) is 6.54 Å². The molecular formula is C13H14BrNO. The third kappa shape index (κ3) is 2.47. The summed E-state index contributed by atoms with van der Waals surface area (Å²) in [5.74, 6) is 0.987. The molecule has 2 rings (SSSR count). The molecule has 16 heavy (non-hydrogen) atoms. The minimum Gasteiger partial charge on any atom is -0.467 e. The number of aryl methyl sites for hydroxylation is 2. The molecule has 0 atom stereocenters. The van der Waals surface area contributed by atoms with Gasteiger partial charge in [-0.05, 0) is 49.2 Å². The zero-order valence-corrected chi connectivity index (χ0v) is 11.0. The van der Waals surface area contributed by atoms with Crippen molar-refractivity contribution in [1.29, 1.82) is 0 Å². The van der Waals surface area contributed by atoms with Gasteiger partial charge >= 0.3 is 0 Å². The molecule has 3 heteroatoms. The summed E-state index contributed by atoms with van der Waals surface area (Å²) in [6.07, 6.45) is 1.72.